The van der Waals surface area contributed by atoms with Crippen molar-refractivity contribution in [2.24, 2.45) is 5.41 Å². The van der Waals surface area contributed by atoms with Crippen molar-refractivity contribution in [3.8, 4) is 0 Å². The van der Waals surface area contributed by atoms with E-state index in [1.807, 2.05) is 0 Å². The molecule has 0 atom stereocenters. The Morgan fingerprint density at radius 2 is 1.88 bits per heavy atom. The molecule has 6 nitrogen and oxygen atoms in total. The fourth-order valence-electron chi connectivity index (χ4n) is 1.29. The number of rotatable bonds is 5. The largest absolute Gasteiger partial charge is 0.481 e. The van der Waals surface area contributed by atoms with Crippen LogP contribution < -0.4 is 9.44 Å². The predicted octanol–water partition coefficient (Wildman–Crippen LogP) is 0.0737. The molecule has 1 aliphatic rings. The average Bonchev–Trinajstić information content (AvgIpc) is 2.76. The first kappa shape index (κ1) is 13.4. The van der Waals surface area contributed by atoms with Crippen LogP contribution in [0.4, 0.5) is 0 Å². The Morgan fingerprint density at radius 3 is 2.19 bits per heavy atom. The molecule has 0 amide bonds. The second kappa shape index (κ2) is 3.97. The van der Waals surface area contributed by atoms with Gasteiger partial charge in [0.05, 0.1) is 5.41 Å². The fourth-order valence-corrected chi connectivity index (χ4v) is 2.63. The second-order valence-corrected chi connectivity index (χ2v) is 6.76. The van der Waals surface area contributed by atoms with Gasteiger partial charge in [-0.25, -0.2) is 4.72 Å². The number of hydrogen-bond acceptors (Lipinski definition) is 3. The van der Waals surface area contributed by atoms with Gasteiger partial charge in [0.1, 0.15) is 0 Å². The van der Waals surface area contributed by atoms with Crippen LogP contribution >= 0.6 is 0 Å². The monoisotopic (exact) mass is 250 g/mol. The van der Waals surface area contributed by atoms with Gasteiger partial charge in [0, 0.05) is 12.1 Å². The molecule has 16 heavy (non-hydrogen) atoms. The summed E-state index contributed by atoms with van der Waals surface area (Å²) in [5.74, 6) is -0.939. The van der Waals surface area contributed by atoms with Gasteiger partial charge < -0.3 is 5.11 Å². The molecule has 7 heteroatoms. The molecule has 0 aromatic carbocycles. The molecule has 1 rings (SSSR count). The maximum absolute atomic E-state index is 11.5. The lowest BCUT2D eigenvalue weighted by Crippen LogP contribution is -2.48. The Labute approximate surface area is 95.6 Å². The molecule has 0 unspecified atom stereocenters. The Hall–Kier alpha value is -0.660. The van der Waals surface area contributed by atoms with E-state index in [0.717, 1.165) is 0 Å². The fraction of sp³-hybridized carbons (Fsp3) is 0.889. The number of carboxylic acids is 1. The van der Waals surface area contributed by atoms with Gasteiger partial charge in [-0.1, -0.05) is 0 Å². The summed E-state index contributed by atoms with van der Waals surface area (Å²) in [6.45, 7) is 5.11. The van der Waals surface area contributed by atoms with Crippen molar-refractivity contribution < 1.29 is 18.3 Å². The highest BCUT2D eigenvalue weighted by atomic mass is 32.2. The lowest BCUT2D eigenvalue weighted by Gasteiger charge is -2.21. The van der Waals surface area contributed by atoms with Crippen molar-refractivity contribution in [2.45, 2.75) is 39.2 Å². The highest BCUT2D eigenvalue weighted by Gasteiger charge is 2.50. The van der Waals surface area contributed by atoms with Crippen LogP contribution in [0.1, 0.15) is 33.6 Å². The van der Waals surface area contributed by atoms with Crippen LogP contribution in [0, 0.1) is 5.41 Å². The summed E-state index contributed by atoms with van der Waals surface area (Å²) in [6.07, 6.45) is 1.06. The van der Waals surface area contributed by atoms with Gasteiger partial charge in [-0.15, -0.1) is 0 Å². The first-order chi connectivity index (χ1) is 7.06. The molecule has 1 saturated carbocycles. The Bertz CT molecular complexity index is 379. The molecule has 0 bridgehead atoms. The third kappa shape index (κ3) is 3.73. The van der Waals surface area contributed by atoms with Crippen molar-refractivity contribution in [1.82, 2.24) is 9.44 Å². The van der Waals surface area contributed by atoms with Crippen molar-refractivity contribution >= 4 is 16.2 Å². The first-order valence-electron chi connectivity index (χ1n) is 5.08. The highest BCUT2D eigenvalue weighted by molar-refractivity contribution is 7.87. The van der Waals surface area contributed by atoms with Gasteiger partial charge in [0.2, 0.25) is 0 Å². The van der Waals surface area contributed by atoms with Crippen LogP contribution in [0.5, 0.6) is 0 Å². The summed E-state index contributed by atoms with van der Waals surface area (Å²) < 4.78 is 27.7. The normalized spacial score (nSPS) is 19.4. The molecule has 0 spiro atoms. The van der Waals surface area contributed by atoms with E-state index in [1.165, 1.54) is 0 Å². The minimum absolute atomic E-state index is 0.0479. The van der Waals surface area contributed by atoms with Gasteiger partial charge in [0.15, 0.2) is 0 Å². The lowest BCUT2D eigenvalue weighted by molar-refractivity contribution is -0.143. The zero-order chi connectivity index (χ0) is 12.6. The zero-order valence-electron chi connectivity index (χ0n) is 9.70. The van der Waals surface area contributed by atoms with Gasteiger partial charge in [-0.3, -0.25) is 4.79 Å². The van der Waals surface area contributed by atoms with E-state index in [1.54, 1.807) is 20.8 Å². The van der Waals surface area contributed by atoms with Gasteiger partial charge in [-0.2, -0.15) is 13.1 Å². The smallest absolute Gasteiger partial charge is 0.310 e. The molecular weight excluding hydrogens is 232 g/mol. The third-order valence-electron chi connectivity index (χ3n) is 2.35. The topological polar surface area (TPSA) is 95.5 Å². The van der Waals surface area contributed by atoms with Crippen LogP contribution in [-0.4, -0.2) is 31.6 Å². The zero-order valence-corrected chi connectivity index (χ0v) is 10.5. The van der Waals surface area contributed by atoms with Gasteiger partial charge in [0.25, 0.3) is 10.2 Å². The lowest BCUT2D eigenvalue weighted by atomic mass is 10.1. The van der Waals surface area contributed by atoms with E-state index >= 15 is 0 Å². The minimum atomic E-state index is -3.63. The van der Waals surface area contributed by atoms with Crippen LogP contribution in [-0.2, 0) is 15.0 Å². The van der Waals surface area contributed by atoms with Crippen molar-refractivity contribution in [2.75, 3.05) is 6.54 Å². The summed E-state index contributed by atoms with van der Waals surface area (Å²) >= 11 is 0. The molecule has 0 aromatic heterocycles. The maximum atomic E-state index is 11.5. The maximum Gasteiger partial charge on any atom is 0.310 e. The Morgan fingerprint density at radius 1 is 1.38 bits per heavy atom. The summed E-state index contributed by atoms with van der Waals surface area (Å²) in [6, 6.07) is 0. The molecule has 0 saturated heterocycles. The number of aliphatic carboxylic acids is 1. The predicted molar refractivity (Wildman–Crippen MR) is 59.1 cm³/mol. The van der Waals surface area contributed by atoms with E-state index in [-0.39, 0.29) is 6.54 Å². The van der Waals surface area contributed by atoms with E-state index in [9.17, 15) is 13.2 Å². The van der Waals surface area contributed by atoms with E-state index < -0.39 is 27.1 Å². The number of hydrogen-bond donors (Lipinski definition) is 3. The SMILES string of the molecule is CC(C)(C)NS(=O)(=O)NCC1(C(=O)O)CC1. The minimum Gasteiger partial charge on any atom is -0.481 e. The second-order valence-electron chi connectivity index (χ2n) is 5.26. The standard InChI is InChI=1S/C9H18N2O4S/c1-8(2,3)11-16(14,15)10-6-9(4-5-9)7(12)13/h10-11H,4-6H2,1-3H3,(H,12,13). The molecule has 1 fully saturated rings. The molecule has 94 valence electrons. The van der Waals surface area contributed by atoms with E-state index in [2.05, 4.69) is 9.44 Å². The van der Waals surface area contributed by atoms with E-state index in [0.29, 0.717) is 12.8 Å². The number of carboxylic acid groups (broad SMARTS) is 1. The van der Waals surface area contributed by atoms with Gasteiger partial charge >= 0.3 is 5.97 Å². The highest BCUT2D eigenvalue weighted by Crippen LogP contribution is 2.45. The summed E-state index contributed by atoms with van der Waals surface area (Å²) in [4.78, 5) is 10.8. The van der Waals surface area contributed by atoms with Crippen LogP contribution in [0.3, 0.4) is 0 Å². The summed E-state index contributed by atoms with van der Waals surface area (Å²) in [5, 5.41) is 8.88. The van der Waals surface area contributed by atoms with Crippen LogP contribution in [0.15, 0.2) is 0 Å². The molecule has 3 N–H and O–H groups in total. The Kier molecular flexibility index (Phi) is 3.33. The number of nitrogens with one attached hydrogen (secondary N) is 2. The third-order valence-corrected chi connectivity index (χ3v) is 3.75. The molecular formula is C9H18N2O4S. The Balaban J connectivity index is 2.53. The van der Waals surface area contributed by atoms with Crippen molar-refractivity contribution in [3.63, 3.8) is 0 Å². The van der Waals surface area contributed by atoms with Gasteiger partial charge in [-0.05, 0) is 33.6 Å². The molecule has 0 heterocycles. The summed E-state index contributed by atoms with van der Waals surface area (Å²) in [7, 11) is -3.63. The van der Waals surface area contributed by atoms with Crippen LogP contribution in [0.25, 0.3) is 0 Å². The molecule has 0 aliphatic heterocycles. The van der Waals surface area contributed by atoms with Crippen LogP contribution in [0.2, 0.25) is 0 Å². The average molecular weight is 250 g/mol. The van der Waals surface area contributed by atoms with Crippen molar-refractivity contribution in [3.05, 3.63) is 0 Å². The quantitative estimate of drug-likeness (QED) is 0.643. The molecule has 0 aromatic rings. The summed E-state index contributed by atoms with van der Waals surface area (Å²) in [5.41, 5.74) is -1.46. The number of carbonyl (C=O) groups is 1. The van der Waals surface area contributed by atoms with Crippen molar-refractivity contribution in [1.29, 1.82) is 0 Å². The molecule has 1 aliphatic carbocycles. The molecule has 0 radical (unpaired) electrons. The first-order valence-corrected chi connectivity index (χ1v) is 6.57. The van der Waals surface area contributed by atoms with E-state index in [4.69, 9.17) is 5.11 Å².